The monoisotopic (exact) mass is 249 g/mol. The first-order chi connectivity index (χ1) is 7.60. The van der Waals surface area contributed by atoms with Crippen molar-refractivity contribution in [2.75, 3.05) is 32.7 Å². The Kier molecular flexibility index (Phi) is 5.68. The van der Waals surface area contributed by atoms with Crippen LogP contribution in [0.25, 0.3) is 0 Å². The van der Waals surface area contributed by atoms with E-state index < -0.39 is 10.2 Å². The van der Waals surface area contributed by atoms with Crippen molar-refractivity contribution in [3.63, 3.8) is 0 Å². The van der Waals surface area contributed by atoms with Crippen LogP contribution in [0.1, 0.15) is 26.7 Å². The van der Waals surface area contributed by atoms with Gasteiger partial charge in [-0.15, -0.1) is 0 Å². The molecular weight excluding hydrogens is 226 g/mol. The lowest BCUT2D eigenvalue weighted by molar-refractivity contribution is 0.429. The summed E-state index contributed by atoms with van der Waals surface area (Å²) in [6.07, 6.45) is 2.08. The normalized spacial score (nSPS) is 21.8. The first-order valence-electron chi connectivity index (χ1n) is 6.05. The summed E-state index contributed by atoms with van der Waals surface area (Å²) in [5, 5.41) is 3.28. The molecule has 1 heterocycles. The molecule has 0 aromatic carbocycles. The number of hydrogen-bond acceptors (Lipinski definition) is 3. The molecule has 0 bridgehead atoms. The minimum absolute atomic E-state index is 0.525. The van der Waals surface area contributed by atoms with E-state index in [1.165, 1.54) is 4.31 Å². The van der Waals surface area contributed by atoms with E-state index in [0.717, 1.165) is 25.9 Å². The van der Waals surface area contributed by atoms with Gasteiger partial charge in [0.15, 0.2) is 0 Å². The van der Waals surface area contributed by atoms with Gasteiger partial charge in [0.25, 0.3) is 10.2 Å². The summed E-state index contributed by atoms with van der Waals surface area (Å²) in [6.45, 7) is 7.38. The highest BCUT2D eigenvalue weighted by atomic mass is 32.2. The smallest absolute Gasteiger partial charge is 0.279 e. The highest BCUT2D eigenvalue weighted by molar-refractivity contribution is 7.87. The summed E-state index contributed by atoms with van der Waals surface area (Å²) in [5.41, 5.74) is 0. The summed E-state index contributed by atoms with van der Waals surface area (Å²) < 4.78 is 27.6. The van der Waals surface area contributed by atoms with Crippen LogP contribution in [0, 0.1) is 5.92 Å². The molecule has 1 atom stereocenters. The second kappa shape index (κ2) is 6.54. The van der Waals surface area contributed by atoms with Gasteiger partial charge in [0.05, 0.1) is 0 Å². The van der Waals surface area contributed by atoms with E-state index in [2.05, 4.69) is 10.0 Å². The highest BCUT2D eigenvalue weighted by Gasteiger charge is 2.19. The standard InChI is InChI=1S/C10H23N3O2S/c1-3-13(4-2)16(14,15)12-8-6-10-5-7-11-9-10/h10-12H,3-9H2,1-2H3. The average molecular weight is 249 g/mol. The highest BCUT2D eigenvalue weighted by Crippen LogP contribution is 2.11. The van der Waals surface area contributed by atoms with Crippen LogP contribution in [-0.2, 0) is 10.2 Å². The van der Waals surface area contributed by atoms with Gasteiger partial charge in [0.1, 0.15) is 0 Å². The molecule has 96 valence electrons. The SMILES string of the molecule is CCN(CC)S(=O)(=O)NCCC1CCNC1. The van der Waals surface area contributed by atoms with Crippen LogP contribution in [-0.4, -0.2) is 45.4 Å². The second-order valence-corrected chi connectivity index (χ2v) is 5.89. The van der Waals surface area contributed by atoms with Crippen molar-refractivity contribution in [3.8, 4) is 0 Å². The summed E-state index contributed by atoms with van der Waals surface area (Å²) in [7, 11) is -3.25. The summed E-state index contributed by atoms with van der Waals surface area (Å²) in [5.74, 6) is 0.624. The molecule has 6 heteroatoms. The fraction of sp³-hybridized carbons (Fsp3) is 1.00. The largest absolute Gasteiger partial charge is 0.316 e. The maximum Gasteiger partial charge on any atom is 0.279 e. The quantitative estimate of drug-likeness (QED) is 0.676. The average Bonchev–Trinajstić information content (AvgIpc) is 2.71. The molecule has 1 fully saturated rings. The number of hydrogen-bond donors (Lipinski definition) is 2. The summed E-state index contributed by atoms with van der Waals surface area (Å²) in [6, 6.07) is 0. The Balaban J connectivity index is 2.29. The van der Waals surface area contributed by atoms with E-state index in [0.29, 0.717) is 25.6 Å². The molecule has 0 amide bonds. The molecule has 0 spiro atoms. The zero-order chi connectivity index (χ0) is 12.0. The van der Waals surface area contributed by atoms with Gasteiger partial charge in [-0.3, -0.25) is 0 Å². The van der Waals surface area contributed by atoms with Gasteiger partial charge in [-0.25, -0.2) is 4.72 Å². The zero-order valence-corrected chi connectivity index (χ0v) is 11.0. The maximum atomic E-state index is 11.8. The second-order valence-electron chi connectivity index (χ2n) is 4.13. The molecule has 1 rings (SSSR count). The number of rotatable bonds is 7. The van der Waals surface area contributed by atoms with Gasteiger partial charge in [-0.1, -0.05) is 13.8 Å². The number of nitrogens with zero attached hydrogens (tertiary/aromatic N) is 1. The molecule has 0 radical (unpaired) electrons. The van der Waals surface area contributed by atoms with E-state index in [1.54, 1.807) is 0 Å². The van der Waals surface area contributed by atoms with Crippen molar-refractivity contribution in [2.24, 2.45) is 5.92 Å². The van der Waals surface area contributed by atoms with Crippen molar-refractivity contribution < 1.29 is 8.42 Å². The van der Waals surface area contributed by atoms with E-state index in [9.17, 15) is 8.42 Å². The first-order valence-corrected chi connectivity index (χ1v) is 7.49. The van der Waals surface area contributed by atoms with E-state index in [-0.39, 0.29) is 0 Å². The van der Waals surface area contributed by atoms with E-state index in [1.807, 2.05) is 13.8 Å². The molecular formula is C10H23N3O2S. The summed E-state index contributed by atoms with van der Waals surface area (Å²) >= 11 is 0. The molecule has 1 saturated heterocycles. The van der Waals surface area contributed by atoms with Crippen LogP contribution in [0.4, 0.5) is 0 Å². The van der Waals surface area contributed by atoms with Gasteiger partial charge in [-0.2, -0.15) is 12.7 Å². The van der Waals surface area contributed by atoms with Gasteiger partial charge < -0.3 is 5.32 Å². The Bertz CT molecular complexity index is 282. The lowest BCUT2D eigenvalue weighted by Gasteiger charge is -2.19. The van der Waals surface area contributed by atoms with Crippen LogP contribution < -0.4 is 10.0 Å². The molecule has 16 heavy (non-hydrogen) atoms. The van der Waals surface area contributed by atoms with Gasteiger partial charge in [-0.05, 0) is 31.8 Å². The first kappa shape index (κ1) is 13.9. The Morgan fingerprint density at radius 1 is 1.38 bits per heavy atom. The van der Waals surface area contributed by atoms with E-state index >= 15 is 0 Å². The lowest BCUT2D eigenvalue weighted by Crippen LogP contribution is -2.41. The lowest BCUT2D eigenvalue weighted by atomic mass is 10.1. The fourth-order valence-corrected chi connectivity index (χ4v) is 3.25. The molecule has 1 aliphatic rings. The van der Waals surface area contributed by atoms with Crippen LogP contribution in [0.2, 0.25) is 0 Å². The van der Waals surface area contributed by atoms with Crippen LogP contribution in [0.5, 0.6) is 0 Å². The molecule has 0 aromatic rings. The molecule has 2 N–H and O–H groups in total. The minimum Gasteiger partial charge on any atom is -0.316 e. The Hall–Kier alpha value is -0.170. The maximum absolute atomic E-state index is 11.8. The molecule has 5 nitrogen and oxygen atoms in total. The van der Waals surface area contributed by atoms with Crippen molar-refractivity contribution in [2.45, 2.75) is 26.7 Å². The Labute approximate surface area is 98.8 Å². The van der Waals surface area contributed by atoms with Crippen LogP contribution >= 0.6 is 0 Å². The predicted molar refractivity (Wildman–Crippen MR) is 65.4 cm³/mol. The van der Waals surface area contributed by atoms with Gasteiger partial charge >= 0.3 is 0 Å². The molecule has 1 unspecified atom stereocenters. The van der Waals surface area contributed by atoms with E-state index in [4.69, 9.17) is 0 Å². The molecule has 0 aliphatic carbocycles. The zero-order valence-electron chi connectivity index (χ0n) is 10.2. The third-order valence-electron chi connectivity index (χ3n) is 3.04. The topological polar surface area (TPSA) is 61.4 Å². The Morgan fingerprint density at radius 3 is 2.56 bits per heavy atom. The number of nitrogens with one attached hydrogen (secondary N) is 2. The predicted octanol–water partition coefficient (Wildman–Crippen LogP) is 0.162. The van der Waals surface area contributed by atoms with Crippen LogP contribution in [0.3, 0.4) is 0 Å². The van der Waals surface area contributed by atoms with Crippen molar-refractivity contribution in [3.05, 3.63) is 0 Å². The molecule has 0 aromatic heterocycles. The Morgan fingerprint density at radius 2 is 2.06 bits per heavy atom. The third kappa shape index (κ3) is 4.01. The van der Waals surface area contributed by atoms with Crippen molar-refractivity contribution >= 4 is 10.2 Å². The molecule has 0 saturated carbocycles. The van der Waals surface area contributed by atoms with Crippen LogP contribution in [0.15, 0.2) is 0 Å². The third-order valence-corrected chi connectivity index (χ3v) is 4.81. The van der Waals surface area contributed by atoms with Gasteiger partial charge in [0, 0.05) is 19.6 Å². The van der Waals surface area contributed by atoms with Gasteiger partial charge in [0.2, 0.25) is 0 Å². The van der Waals surface area contributed by atoms with Crippen molar-refractivity contribution in [1.82, 2.24) is 14.3 Å². The van der Waals surface area contributed by atoms with Crippen molar-refractivity contribution in [1.29, 1.82) is 0 Å². The molecule has 1 aliphatic heterocycles. The fourth-order valence-electron chi connectivity index (χ4n) is 2.01. The summed E-state index contributed by atoms with van der Waals surface area (Å²) in [4.78, 5) is 0. The minimum atomic E-state index is -3.25.